The summed E-state index contributed by atoms with van der Waals surface area (Å²) in [5, 5.41) is 9.11. The van der Waals surface area contributed by atoms with Crippen LogP contribution < -0.4 is 15.2 Å². The maximum absolute atomic E-state index is 9.11. The lowest BCUT2D eigenvalue weighted by molar-refractivity contribution is 0.304. The Morgan fingerprint density at radius 2 is 1.76 bits per heavy atom. The minimum absolute atomic E-state index is 0.358. The summed E-state index contributed by atoms with van der Waals surface area (Å²) < 4.78 is 11.6. The Bertz CT molecular complexity index is 929. The number of nitrogens with zero attached hydrogens (tertiary/aromatic N) is 1. The van der Waals surface area contributed by atoms with E-state index in [0.717, 1.165) is 28.3 Å². The Morgan fingerprint density at radius 3 is 2.56 bits per heavy atom. The zero-order valence-corrected chi connectivity index (χ0v) is 13.9. The number of ether oxygens (including phenoxy) is 2. The molecule has 124 valence electrons. The summed E-state index contributed by atoms with van der Waals surface area (Å²) in [6.45, 7) is 2.30. The van der Waals surface area contributed by atoms with E-state index in [9.17, 15) is 0 Å². The lowest BCUT2D eigenvalue weighted by atomic mass is 10.2. The molecule has 0 spiro atoms. The van der Waals surface area contributed by atoms with Crippen LogP contribution in [-0.4, -0.2) is 0 Å². The van der Waals surface area contributed by atoms with Gasteiger partial charge in [0, 0.05) is 5.69 Å². The fourth-order valence-electron chi connectivity index (χ4n) is 2.39. The second-order valence-electron chi connectivity index (χ2n) is 5.66. The molecule has 3 rings (SSSR count). The molecule has 0 aliphatic carbocycles. The third-order valence-electron chi connectivity index (χ3n) is 3.78. The number of nitrogen functional groups attached to an aromatic ring is 1. The van der Waals surface area contributed by atoms with E-state index in [1.54, 1.807) is 12.1 Å². The van der Waals surface area contributed by atoms with E-state index >= 15 is 0 Å². The van der Waals surface area contributed by atoms with E-state index < -0.39 is 0 Å². The van der Waals surface area contributed by atoms with E-state index in [1.807, 2.05) is 61.5 Å². The van der Waals surface area contributed by atoms with E-state index in [2.05, 4.69) is 6.07 Å². The van der Waals surface area contributed by atoms with Crippen molar-refractivity contribution in [1.82, 2.24) is 0 Å². The second-order valence-corrected chi connectivity index (χ2v) is 5.66. The van der Waals surface area contributed by atoms with Gasteiger partial charge in [-0.3, -0.25) is 0 Å². The van der Waals surface area contributed by atoms with Gasteiger partial charge in [0.25, 0.3) is 0 Å². The highest BCUT2D eigenvalue weighted by atomic mass is 16.5. The zero-order chi connectivity index (χ0) is 17.6. The topological polar surface area (TPSA) is 68.3 Å². The van der Waals surface area contributed by atoms with Gasteiger partial charge in [-0.05, 0) is 60.5 Å². The van der Waals surface area contributed by atoms with Gasteiger partial charge in [-0.1, -0.05) is 24.3 Å². The van der Waals surface area contributed by atoms with E-state index in [1.165, 1.54) is 0 Å². The largest absolute Gasteiger partial charge is 0.488 e. The molecular formula is C21H18N2O2. The van der Waals surface area contributed by atoms with Crippen LogP contribution >= 0.6 is 0 Å². The van der Waals surface area contributed by atoms with Crippen LogP contribution in [0.4, 0.5) is 5.69 Å². The maximum atomic E-state index is 9.11. The van der Waals surface area contributed by atoms with Crippen LogP contribution in [0.1, 0.15) is 16.7 Å². The van der Waals surface area contributed by atoms with Crippen molar-refractivity contribution in [3.05, 3.63) is 83.4 Å². The second kappa shape index (κ2) is 7.41. The molecule has 0 amide bonds. The number of benzene rings is 3. The highest BCUT2D eigenvalue weighted by Gasteiger charge is 2.04. The van der Waals surface area contributed by atoms with Crippen molar-refractivity contribution >= 4 is 5.69 Å². The first-order chi connectivity index (χ1) is 12.2. The first-order valence-corrected chi connectivity index (χ1v) is 7.90. The van der Waals surface area contributed by atoms with Gasteiger partial charge in [-0.15, -0.1) is 0 Å². The molecule has 0 bridgehead atoms. The van der Waals surface area contributed by atoms with Crippen LogP contribution in [0.15, 0.2) is 66.7 Å². The predicted octanol–water partition coefficient (Wildman–Crippen LogP) is 4.82. The van der Waals surface area contributed by atoms with Gasteiger partial charge in [0.2, 0.25) is 0 Å². The summed E-state index contributed by atoms with van der Waals surface area (Å²) in [7, 11) is 0. The Hall–Kier alpha value is -3.45. The molecule has 4 heteroatoms. The van der Waals surface area contributed by atoms with Crippen LogP contribution in [0.2, 0.25) is 0 Å². The maximum Gasteiger partial charge on any atom is 0.137 e. The molecule has 0 aliphatic heterocycles. The Balaban J connectivity index is 1.71. The van der Waals surface area contributed by atoms with Crippen LogP contribution in [0, 0.1) is 18.3 Å². The molecule has 25 heavy (non-hydrogen) atoms. The average Bonchev–Trinajstić information content (AvgIpc) is 2.63. The van der Waals surface area contributed by atoms with Crippen molar-refractivity contribution < 1.29 is 9.47 Å². The molecular weight excluding hydrogens is 312 g/mol. The Kier molecular flexibility index (Phi) is 4.87. The van der Waals surface area contributed by atoms with Crippen molar-refractivity contribution in [2.24, 2.45) is 0 Å². The average molecular weight is 330 g/mol. The number of hydrogen-bond donors (Lipinski definition) is 1. The van der Waals surface area contributed by atoms with Gasteiger partial charge >= 0.3 is 0 Å². The predicted molar refractivity (Wildman–Crippen MR) is 97.6 cm³/mol. The summed E-state index contributed by atoms with van der Waals surface area (Å²) in [4.78, 5) is 0. The van der Waals surface area contributed by atoms with Gasteiger partial charge in [0.15, 0.2) is 0 Å². The quantitative estimate of drug-likeness (QED) is 0.681. The first kappa shape index (κ1) is 16.4. The molecule has 0 aliphatic rings. The number of rotatable bonds is 5. The number of nitrogens with two attached hydrogens (primary N) is 1. The molecule has 4 nitrogen and oxygen atoms in total. The van der Waals surface area contributed by atoms with E-state index in [-0.39, 0.29) is 0 Å². The summed E-state index contributed by atoms with van der Waals surface area (Å²) in [5.41, 5.74) is 9.02. The van der Waals surface area contributed by atoms with Crippen LogP contribution in [0.5, 0.6) is 17.2 Å². The van der Waals surface area contributed by atoms with Crippen molar-refractivity contribution in [3.8, 4) is 23.3 Å². The van der Waals surface area contributed by atoms with Gasteiger partial charge in [0.1, 0.15) is 29.9 Å². The molecule has 0 saturated carbocycles. The van der Waals surface area contributed by atoms with Gasteiger partial charge < -0.3 is 15.2 Å². The Morgan fingerprint density at radius 1 is 0.960 bits per heavy atom. The summed E-state index contributed by atoms with van der Waals surface area (Å²) >= 11 is 0. The normalized spacial score (nSPS) is 10.1. The molecule has 0 fully saturated rings. The zero-order valence-electron chi connectivity index (χ0n) is 13.9. The number of hydrogen-bond acceptors (Lipinski definition) is 4. The fourth-order valence-corrected chi connectivity index (χ4v) is 2.39. The monoisotopic (exact) mass is 330 g/mol. The van der Waals surface area contributed by atoms with Crippen molar-refractivity contribution in [1.29, 1.82) is 5.26 Å². The highest BCUT2D eigenvalue weighted by molar-refractivity contribution is 5.50. The van der Waals surface area contributed by atoms with Crippen molar-refractivity contribution in [2.45, 2.75) is 13.5 Å². The van der Waals surface area contributed by atoms with E-state index in [4.69, 9.17) is 20.5 Å². The third-order valence-corrected chi connectivity index (χ3v) is 3.78. The number of anilines is 1. The number of nitriles is 1. The SMILES string of the molecule is Cc1cc(Oc2cccc(COc3ccccc3C#N)c2)ccc1N. The fraction of sp³-hybridized carbons (Fsp3) is 0.0952. The first-order valence-electron chi connectivity index (χ1n) is 7.90. The van der Waals surface area contributed by atoms with E-state index in [0.29, 0.717) is 17.9 Å². The summed E-state index contributed by atoms with van der Waals surface area (Å²) in [6, 6.07) is 22.6. The van der Waals surface area contributed by atoms with Gasteiger partial charge in [0.05, 0.1) is 5.56 Å². The summed E-state index contributed by atoms with van der Waals surface area (Å²) in [6.07, 6.45) is 0. The number of para-hydroxylation sites is 1. The van der Waals surface area contributed by atoms with Crippen LogP contribution in [-0.2, 0) is 6.61 Å². The molecule has 0 atom stereocenters. The minimum atomic E-state index is 0.358. The molecule has 0 radical (unpaired) electrons. The lowest BCUT2D eigenvalue weighted by Gasteiger charge is -2.11. The van der Waals surface area contributed by atoms with Crippen LogP contribution in [0.25, 0.3) is 0 Å². The molecule has 3 aromatic carbocycles. The molecule has 2 N–H and O–H groups in total. The standard InChI is InChI=1S/C21H18N2O2/c1-15-11-19(9-10-20(15)23)25-18-7-4-5-16(12-18)14-24-21-8-3-2-6-17(21)13-22/h2-12H,14,23H2,1H3. The van der Waals surface area contributed by atoms with Gasteiger partial charge in [-0.2, -0.15) is 5.26 Å². The molecule has 0 saturated heterocycles. The molecule has 0 unspecified atom stereocenters. The minimum Gasteiger partial charge on any atom is -0.488 e. The van der Waals surface area contributed by atoms with Crippen molar-refractivity contribution in [3.63, 3.8) is 0 Å². The molecule has 0 heterocycles. The highest BCUT2D eigenvalue weighted by Crippen LogP contribution is 2.26. The lowest BCUT2D eigenvalue weighted by Crippen LogP contribution is -1.97. The van der Waals surface area contributed by atoms with Crippen molar-refractivity contribution in [2.75, 3.05) is 5.73 Å². The van der Waals surface area contributed by atoms with Crippen LogP contribution in [0.3, 0.4) is 0 Å². The summed E-state index contributed by atoms with van der Waals surface area (Å²) in [5.74, 6) is 2.03. The third kappa shape index (κ3) is 4.10. The number of aryl methyl sites for hydroxylation is 1. The smallest absolute Gasteiger partial charge is 0.137 e. The molecule has 0 aromatic heterocycles. The molecule has 3 aromatic rings. The van der Waals surface area contributed by atoms with Gasteiger partial charge in [-0.25, -0.2) is 0 Å². The Labute approximate surface area is 147 Å².